The van der Waals surface area contributed by atoms with Crippen molar-refractivity contribution >= 4 is 28.8 Å². The van der Waals surface area contributed by atoms with Crippen LogP contribution in [0.2, 0.25) is 0 Å². The van der Waals surface area contributed by atoms with Crippen LogP contribution in [0.5, 0.6) is 0 Å². The molecule has 0 radical (unpaired) electrons. The van der Waals surface area contributed by atoms with E-state index in [9.17, 15) is 4.79 Å². The number of carbonyl (C=O) groups excluding carboxylic acids is 1. The average Bonchev–Trinajstić information content (AvgIpc) is 3.30. The first-order valence-electron chi connectivity index (χ1n) is 10.6. The number of hydrogen-bond donors (Lipinski definition) is 2. The average molecular weight is 407 g/mol. The molecule has 2 aliphatic rings. The predicted molar refractivity (Wildman–Crippen MR) is 124 cm³/mol. The third-order valence-corrected chi connectivity index (χ3v) is 6.67. The van der Waals surface area contributed by atoms with Crippen LogP contribution in [0.15, 0.2) is 48.5 Å². The molecule has 152 valence electrons. The van der Waals surface area contributed by atoms with E-state index in [2.05, 4.69) is 31.4 Å². The summed E-state index contributed by atoms with van der Waals surface area (Å²) in [6.07, 6.45) is 5.28. The molecule has 2 saturated carbocycles. The largest absolute Gasteiger partial charge is 0.359 e. The maximum absolute atomic E-state index is 12.9. The van der Waals surface area contributed by atoms with Crippen molar-refractivity contribution in [2.75, 3.05) is 5.32 Å². The molecule has 0 amide bonds. The molecule has 2 N–H and O–H groups in total. The van der Waals surface area contributed by atoms with Gasteiger partial charge in [0, 0.05) is 22.9 Å². The molecular weight excluding hydrogens is 376 g/mol. The number of ketones is 1. The summed E-state index contributed by atoms with van der Waals surface area (Å²) < 4.78 is 0. The van der Waals surface area contributed by atoms with Crippen LogP contribution in [0.3, 0.4) is 0 Å². The normalized spacial score (nSPS) is 23.1. The lowest BCUT2D eigenvalue weighted by Crippen LogP contribution is -2.40. The van der Waals surface area contributed by atoms with E-state index >= 15 is 0 Å². The fourth-order valence-electron chi connectivity index (χ4n) is 4.78. The van der Waals surface area contributed by atoms with Crippen LogP contribution in [-0.2, 0) is 5.41 Å². The third-order valence-electron chi connectivity index (χ3n) is 6.45. The zero-order chi connectivity index (χ0) is 20.6. The molecule has 4 heteroatoms. The fraction of sp³-hybridized carbons (Fsp3) is 0.440. The minimum atomic E-state index is 0.0288. The second-order valence-corrected chi connectivity index (χ2v) is 10.0. The Labute approximate surface area is 179 Å². The van der Waals surface area contributed by atoms with E-state index in [1.54, 1.807) is 0 Å². The number of fused-ring (bicyclic) bond motifs is 2. The van der Waals surface area contributed by atoms with Gasteiger partial charge in [-0.2, -0.15) is 0 Å². The van der Waals surface area contributed by atoms with Crippen molar-refractivity contribution in [1.82, 2.24) is 5.32 Å². The van der Waals surface area contributed by atoms with Crippen molar-refractivity contribution in [3.63, 3.8) is 0 Å². The zero-order valence-electron chi connectivity index (χ0n) is 17.5. The minimum absolute atomic E-state index is 0.0288. The molecular formula is C25H30N2OS. The summed E-state index contributed by atoms with van der Waals surface area (Å²) in [5.41, 5.74) is 3.52. The molecule has 0 heterocycles. The minimum Gasteiger partial charge on any atom is -0.359 e. The van der Waals surface area contributed by atoms with E-state index in [0.29, 0.717) is 22.3 Å². The first-order chi connectivity index (χ1) is 13.8. The summed E-state index contributed by atoms with van der Waals surface area (Å²) in [5.74, 6) is 1.68. The molecule has 4 rings (SSSR count). The molecule has 3 atom stereocenters. The maximum atomic E-state index is 12.9. The fourth-order valence-corrected chi connectivity index (χ4v) is 5.05. The van der Waals surface area contributed by atoms with Crippen LogP contribution in [0, 0.1) is 11.8 Å². The highest BCUT2D eigenvalue weighted by atomic mass is 32.1. The highest BCUT2D eigenvalue weighted by molar-refractivity contribution is 7.80. The molecule has 2 aromatic carbocycles. The molecule has 0 saturated heterocycles. The molecule has 2 bridgehead atoms. The molecule has 29 heavy (non-hydrogen) atoms. The second kappa shape index (κ2) is 7.91. The summed E-state index contributed by atoms with van der Waals surface area (Å²) in [7, 11) is 0. The van der Waals surface area contributed by atoms with Crippen molar-refractivity contribution in [3.05, 3.63) is 65.2 Å². The van der Waals surface area contributed by atoms with Gasteiger partial charge in [0.25, 0.3) is 0 Å². The van der Waals surface area contributed by atoms with Gasteiger partial charge in [-0.25, -0.2) is 0 Å². The molecule has 0 unspecified atom stereocenters. The van der Waals surface area contributed by atoms with Crippen LogP contribution in [0.1, 0.15) is 67.9 Å². The van der Waals surface area contributed by atoms with Crippen LogP contribution in [-0.4, -0.2) is 16.9 Å². The molecule has 2 aliphatic carbocycles. The van der Waals surface area contributed by atoms with Crippen LogP contribution >= 0.6 is 12.2 Å². The Kier molecular flexibility index (Phi) is 5.48. The van der Waals surface area contributed by atoms with Gasteiger partial charge in [0.1, 0.15) is 0 Å². The van der Waals surface area contributed by atoms with Gasteiger partial charge < -0.3 is 10.6 Å². The van der Waals surface area contributed by atoms with Crippen molar-refractivity contribution in [2.45, 2.75) is 57.9 Å². The molecule has 0 spiro atoms. The SMILES string of the molecule is CC(C)(C)c1ccc(C(=O)c2cccc(NC(=S)N[C@H]3C[C@@H]4CC[C@@H]3C4)c2)cc1. The lowest BCUT2D eigenvalue weighted by atomic mass is 9.86. The monoisotopic (exact) mass is 406 g/mol. The van der Waals surface area contributed by atoms with Crippen LogP contribution in [0.25, 0.3) is 0 Å². The summed E-state index contributed by atoms with van der Waals surface area (Å²) in [5, 5.41) is 7.42. The van der Waals surface area contributed by atoms with Crippen LogP contribution < -0.4 is 10.6 Å². The van der Waals surface area contributed by atoms with Gasteiger partial charge in [-0.15, -0.1) is 0 Å². The summed E-state index contributed by atoms with van der Waals surface area (Å²) >= 11 is 5.53. The van der Waals surface area contributed by atoms with E-state index in [1.165, 1.54) is 31.2 Å². The quantitative estimate of drug-likeness (QED) is 0.505. The number of carbonyl (C=O) groups is 1. The Bertz CT molecular complexity index is 913. The first-order valence-corrected chi connectivity index (χ1v) is 11.0. The van der Waals surface area contributed by atoms with Gasteiger partial charge >= 0.3 is 0 Å². The van der Waals surface area contributed by atoms with Gasteiger partial charge in [0.15, 0.2) is 10.9 Å². The Morgan fingerprint density at radius 2 is 1.76 bits per heavy atom. The number of benzene rings is 2. The number of rotatable bonds is 4. The Balaban J connectivity index is 1.41. The van der Waals surface area contributed by atoms with Crippen molar-refractivity contribution in [2.24, 2.45) is 11.8 Å². The Morgan fingerprint density at radius 1 is 1.00 bits per heavy atom. The molecule has 0 aromatic heterocycles. The molecule has 2 aromatic rings. The van der Waals surface area contributed by atoms with Gasteiger partial charge in [-0.3, -0.25) is 4.79 Å². The van der Waals surface area contributed by atoms with Crippen molar-refractivity contribution in [1.29, 1.82) is 0 Å². The summed E-state index contributed by atoms with van der Waals surface area (Å²) in [6, 6.07) is 16.0. The standard InChI is InChI=1S/C25H30N2OS/c1-25(2,3)20-11-9-17(10-12-20)23(28)19-5-4-6-21(15-19)26-24(29)27-22-14-16-7-8-18(22)13-16/h4-6,9-12,15-16,18,22H,7-8,13-14H2,1-3H3,(H2,26,27,29)/t16-,18-,22+/m1/s1. The highest BCUT2D eigenvalue weighted by Crippen LogP contribution is 2.44. The van der Waals surface area contributed by atoms with Crippen LogP contribution in [0.4, 0.5) is 5.69 Å². The van der Waals surface area contributed by atoms with Gasteiger partial charge in [0.05, 0.1) is 0 Å². The zero-order valence-corrected chi connectivity index (χ0v) is 18.3. The number of thiocarbonyl (C=S) groups is 1. The predicted octanol–water partition coefficient (Wildman–Crippen LogP) is 5.69. The topological polar surface area (TPSA) is 41.1 Å². The van der Waals surface area contributed by atoms with Gasteiger partial charge in [0.2, 0.25) is 0 Å². The smallest absolute Gasteiger partial charge is 0.193 e. The Morgan fingerprint density at radius 3 is 2.38 bits per heavy atom. The molecule has 0 aliphatic heterocycles. The number of nitrogens with one attached hydrogen (secondary N) is 2. The van der Waals surface area contributed by atoms with E-state index in [0.717, 1.165) is 17.5 Å². The van der Waals surface area contributed by atoms with E-state index < -0.39 is 0 Å². The Hall–Kier alpha value is -2.20. The first kappa shape index (κ1) is 20.1. The van der Waals surface area contributed by atoms with E-state index in [1.807, 2.05) is 48.5 Å². The maximum Gasteiger partial charge on any atom is 0.193 e. The van der Waals surface area contributed by atoms with E-state index in [-0.39, 0.29) is 11.2 Å². The second-order valence-electron chi connectivity index (χ2n) is 9.62. The van der Waals surface area contributed by atoms with Crippen molar-refractivity contribution < 1.29 is 4.79 Å². The summed E-state index contributed by atoms with van der Waals surface area (Å²) in [6.45, 7) is 6.52. The van der Waals surface area contributed by atoms with E-state index in [4.69, 9.17) is 12.2 Å². The van der Waals surface area contributed by atoms with Crippen molar-refractivity contribution in [3.8, 4) is 0 Å². The van der Waals surface area contributed by atoms with Gasteiger partial charge in [-0.05, 0) is 66.4 Å². The molecule has 2 fully saturated rings. The lowest BCUT2D eigenvalue weighted by molar-refractivity contribution is 0.103. The number of hydrogen-bond acceptors (Lipinski definition) is 2. The molecule has 3 nitrogen and oxygen atoms in total. The van der Waals surface area contributed by atoms with Gasteiger partial charge in [-0.1, -0.05) is 63.6 Å². The highest BCUT2D eigenvalue weighted by Gasteiger charge is 2.39. The summed E-state index contributed by atoms with van der Waals surface area (Å²) in [4.78, 5) is 12.9. The third kappa shape index (κ3) is 4.53. The number of anilines is 1. The lowest BCUT2D eigenvalue weighted by Gasteiger charge is -2.24.